The molecular formula is C11H22N2. The molecule has 76 valence electrons. The summed E-state index contributed by atoms with van der Waals surface area (Å²) in [4.78, 5) is 6.65. The van der Waals surface area contributed by atoms with Crippen LogP contribution in [-0.2, 0) is 0 Å². The molecule has 0 saturated carbocycles. The Morgan fingerprint density at radius 3 is 2.31 bits per heavy atom. The molecule has 0 heterocycles. The van der Waals surface area contributed by atoms with Gasteiger partial charge in [-0.2, -0.15) is 0 Å². The molecule has 0 aromatic carbocycles. The van der Waals surface area contributed by atoms with E-state index in [2.05, 4.69) is 44.2 Å². The first kappa shape index (κ1) is 12.2. The second-order valence-corrected chi connectivity index (χ2v) is 3.62. The summed E-state index contributed by atoms with van der Waals surface area (Å²) in [5.74, 6) is 1.05. The quantitative estimate of drug-likeness (QED) is 0.482. The highest BCUT2D eigenvalue weighted by Gasteiger charge is 2.07. The smallest absolute Gasteiger partial charge is 0.100 e. The first-order chi connectivity index (χ1) is 6.02. The third-order valence-electron chi connectivity index (χ3n) is 2.12. The number of hydrogen-bond acceptors (Lipinski definition) is 1. The van der Waals surface area contributed by atoms with E-state index >= 15 is 0 Å². The number of amidine groups is 1. The SMILES string of the molecule is C=CN(/C(C)=N\C(C)CC)C(C)C. The monoisotopic (exact) mass is 182 g/mol. The van der Waals surface area contributed by atoms with E-state index in [-0.39, 0.29) is 0 Å². The topological polar surface area (TPSA) is 15.6 Å². The maximum Gasteiger partial charge on any atom is 0.100 e. The Balaban J connectivity index is 4.43. The Morgan fingerprint density at radius 1 is 1.46 bits per heavy atom. The van der Waals surface area contributed by atoms with Crippen LogP contribution >= 0.6 is 0 Å². The molecule has 0 amide bonds. The van der Waals surface area contributed by atoms with Crippen LogP contribution in [0.2, 0.25) is 0 Å². The maximum absolute atomic E-state index is 4.56. The van der Waals surface area contributed by atoms with Gasteiger partial charge in [0.05, 0.1) is 0 Å². The van der Waals surface area contributed by atoms with Crippen molar-refractivity contribution in [2.75, 3.05) is 0 Å². The van der Waals surface area contributed by atoms with Gasteiger partial charge in [-0.25, -0.2) is 0 Å². The van der Waals surface area contributed by atoms with Gasteiger partial charge in [0.15, 0.2) is 0 Å². The van der Waals surface area contributed by atoms with Crippen LogP contribution in [0.15, 0.2) is 17.8 Å². The van der Waals surface area contributed by atoms with Crippen molar-refractivity contribution in [1.82, 2.24) is 4.90 Å². The van der Waals surface area contributed by atoms with Gasteiger partial charge in [-0.3, -0.25) is 4.99 Å². The average molecular weight is 182 g/mol. The fourth-order valence-corrected chi connectivity index (χ4v) is 1.19. The standard InChI is InChI=1S/C11H22N2/c1-7-10(5)12-11(6)13(8-2)9(3)4/h8-10H,2,7H2,1,3-6H3/b12-11-. The molecule has 0 rings (SSSR count). The molecule has 0 spiro atoms. The van der Waals surface area contributed by atoms with Crippen LogP contribution in [0.1, 0.15) is 41.0 Å². The molecule has 0 radical (unpaired) electrons. The number of aliphatic imine (C=N–C) groups is 1. The molecule has 0 aromatic heterocycles. The van der Waals surface area contributed by atoms with E-state index in [1.165, 1.54) is 0 Å². The zero-order chi connectivity index (χ0) is 10.4. The van der Waals surface area contributed by atoms with Gasteiger partial charge in [0.1, 0.15) is 5.84 Å². The zero-order valence-corrected chi connectivity index (χ0v) is 9.54. The van der Waals surface area contributed by atoms with Crippen molar-refractivity contribution in [2.24, 2.45) is 4.99 Å². The molecule has 0 aliphatic carbocycles. The highest BCUT2D eigenvalue weighted by atomic mass is 15.2. The first-order valence-corrected chi connectivity index (χ1v) is 4.98. The lowest BCUT2D eigenvalue weighted by Gasteiger charge is -2.24. The van der Waals surface area contributed by atoms with E-state index in [9.17, 15) is 0 Å². The minimum atomic E-state index is 0.404. The maximum atomic E-state index is 4.56. The van der Waals surface area contributed by atoms with E-state index in [0.717, 1.165) is 12.3 Å². The van der Waals surface area contributed by atoms with Crippen LogP contribution < -0.4 is 0 Å². The summed E-state index contributed by atoms with van der Waals surface area (Å²) in [5, 5.41) is 0. The van der Waals surface area contributed by atoms with Crippen LogP contribution in [0.25, 0.3) is 0 Å². The highest BCUT2D eigenvalue weighted by molar-refractivity contribution is 5.81. The van der Waals surface area contributed by atoms with Crippen molar-refractivity contribution in [2.45, 2.75) is 53.1 Å². The van der Waals surface area contributed by atoms with Gasteiger partial charge in [-0.1, -0.05) is 13.5 Å². The summed E-state index contributed by atoms with van der Waals surface area (Å²) < 4.78 is 0. The minimum absolute atomic E-state index is 0.404. The van der Waals surface area contributed by atoms with Crippen molar-refractivity contribution in [3.05, 3.63) is 12.8 Å². The molecule has 0 aromatic rings. The van der Waals surface area contributed by atoms with Crippen molar-refractivity contribution >= 4 is 5.84 Å². The third kappa shape index (κ3) is 4.11. The van der Waals surface area contributed by atoms with Gasteiger partial charge in [-0.05, 0) is 40.3 Å². The van der Waals surface area contributed by atoms with E-state index < -0.39 is 0 Å². The lowest BCUT2D eigenvalue weighted by atomic mass is 10.2. The Morgan fingerprint density at radius 2 is 2.00 bits per heavy atom. The van der Waals surface area contributed by atoms with Crippen LogP contribution in [0.4, 0.5) is 0 Å². The van der Waals surface area contributed by atoms with Crippen molar-refractivity contribution in [1.29, 1.82) is 0 Å². The molecule has 13 heavy (non-hydrogen) atoms. The number of nitrogens with zero attached hydrogens (tertiary/aromatic N) is 2. The van der Waals surface area contributed by atoms with Gasteiger partial charge >= 0.3 is 0 Å². The molecule has 0 aliphatic rings. The summed E-state index contributed by atoms with van der Waals surface area (Å²) in [5.41, 5.74) is 0. The summed E-state index contributed by atoms with van der Waals surface area (Å²) in [6, 6.07) is 0.839. The van der Waals surface area contributed by atoms with Crippen LogP contribution in [0.5, 0.6) is 0 Å². The summed E-state index contributed by atoms with van der Waals surface area (Å²) >= 11 is 0. The van der Waals surface area contributed by atoms with E-state index in [0.29, 0.717) is 12.1 Å². The zero-order valence-electron chi connectivity index (χ0n) is 9.54. The van der Waals surface area contributed by atoms with E-state index in [1.54, 1.807) is 0 Å². The Bertz CT molecular complexity index is 183. The largest absolute Gasteiger partial charge is 0.335 e. The van der Waals surface area contributed by atoms with E-state index in [4.69, 9.17) is 0 Å². The number of hydrogen-bond donors (Lipinski definition) is 0. The molecule has 0 N–H and O–H groups in total. The van der Waals surface area contributed by atoms with Gasteiger partial charge < -0.3 is 4.90 Å². The van der Waals surface area contributed by atoms with E-state index in [1.807, 2.05) is 13.1 Å². The lowest BCUT2D eigenvalue weighted by molar-refractivity contribution is 0.452. The minimum Gasteiger partial charge on any atom is -0.335 e. The van der Waals surface area contributed by atoms with Crippen molar-refractivity contribution in [3.63, 3.8) is 0 Å². The first-order valence-electron chi connectivity index (χ1n) is 4.98. The highest BCUT2D eigenvalue weighted by Crippen LogP contribution is 2.04. The number of rotatable bonds is 4. The Kier molecular flexibility index (Phi) is 5.44. The predicted molar refractivity (Wildman–Crippen MR) is 60.0 cm³/mol. The second-order valence-electron chi connectivity index (χ2n) is 3.62. The molecule has 0 aliphatic heterocycles. The molecule has 0 fully saturated rings. The van der Waals surface area contributed by atoms with Gasteiger partial charge in [0.25, 0.3) is 0 Å². The predicted octanol–water partition coefficient (Wildman–Crippen LogP) is 3.06. The summed E-state index contributed by atoms with van der Waals surface area (Å²) in [6.07, 6.45) is 2.92. The third-order valence-corrected chi connectivity index (χ3v) is 2.12. The Hall–Kier alpha value is -0.790. The molecule has 2 heteroatoms. The molecular weight excluding hydrogens is 160 g/mol. The fraction of sp³-hybridized carbons (Fsp3) is 0.727. The average Bonchev–Trinajstić information content (AvgIpc) is 2.04. The molecule has 1 unspecified atom stereocenters. The molecule has 0 bridgehead atoms. The fourth-order valence-electron chi connectivity index (χ4n) is 1.19. The molecule has 1 atom stereocenters. The van der Waals surface area contributed by atoms with Crippen LogP contribution in [0.3, 0.4) is 0 Å². The Labute approximate surface area is 82.4 Å². The molecule has 0 saturated heterocycles. The molecule has 2 nitrogen and oxygen atoms in total. The second kappa shape index (κ2) is 5.79. The van der Waals surface area contributed by atoms with Crippen LogP contribution in [0, 0.1) is 0 Å². The lowest BCUT2D eigenvalue weighted by Crippen LogP contribution is -2.30. The van der Waals surface area contributed by atoms with Gasteiger partial charge in [-0.15, -0.1) is 0 Å². The summed E-state index contributed by atoms with van der Waals surface area (Å²) in [6.45, 7) is 14.4. The van der Waals surface area contributed by atoms with Crippen LogP contribution in [-0.4, -0.2) is 22.8 Å². The van der Waals surface area contributed by atoms with Gasteiger partial charge in [0.2, 0.25) is 0 Å². The summed E-state index contributed by atoms with van der Waals surface area (Å²) in [7, 11) is 0. The normalized spacial score (nSPS) is 14.5. The van der Waals surface area contributed by atoms with Crippen molar-refractivity contribution in [3.8, 4) is 0 Å². The van der Waals surface area contributed by atoms with Gasteiger partial charge in [0, 0.05) is 12.1 Å². The van der Waals surface area contributed by atoms with Crippen molar-refractivity contribution < 1.29 is 0 Å².